The van der Waals surface area contributed by atoms with E-state index in [0.29, 0.717) is 19.4 Å². The maximum Gasteiger partial charge on any atom is 0.302 e. The third-order valence-electron chi connectivity index (χ3n) is 8.74. The molecule has 0 aliphatic carbocycles. The summed E-state index contributed by atoms with van der Waals surface area (Å²) in [6, 6.07) is 4.80. The molecule has 11 nitrogen and oxygen atoms in total. The monoisotopic (exact) mass is 809 g/mol. The van der Waals surface area contributed by atoms with E-state index in [9.17, 15) is 28.0 Å². The Labute approximate surface area is 322 Å². The number of carbonyl (C=O) groups excluding carboxylic acids is 4. The lowest BCUT2D eigenvalue weighted by molar-refractivity contribution is -0.149. The molecule has 0 radical (unpaired) electrons. The van der Waals surface area contributed by atoms with Crippen LogP contribution in [0.2, 0.25) is 20.1 Å². The third-order valence-corrected chi connectivity index (χ3v) is 10.3. The van der Waals surface area contributed by atoms with E-state index in [1.165, 1.54) is 38.1 Å². The van der Waals surface area contributed by atoms with Gasteiger partial charge in [0, 0.05) is 52.5 Å². The lowest BCUT2D eigenvalue weighted by atomic mass is 10.0. The van der Waals surface area contributed by atoms with Crippen LogP contribution in [0.15, 0.2) is 24.3 Å². The number of likely N-dealkylation sites (tertiary alicyclic amines) is 2. The summed E-state index contributed by atoms with van der Waals surface area (Å²) in [7, 11) is 0. The topological polar surface area (TPSA) is 143 Å². The number of nitrogens with two attached hydrogens (primary N) is 1. The van der Waals surface area contributed by atoms with Gasteiger partial charge in [-0.25, -0.2) is 8.78 Å². The van der Waals surface area contributed by atoms with Gasteiger partial charge in [-0.15, -0.1) is 0 Å². The van der Waals surface area contributed by atoms with E-state index in [2.05, 4.69) is 20.4 Å². The molecule has 0 saturated carbocycles. The zero-order valence-corrected chi connectivity index (χ0v) is 32.3. The number of nitrogens with one attached hydrogen (secondary N) is 2. The largest absolute Gasteiger partial charge is 0.462 e. The minimum Gasteiger partial charge on any atom is -0.462 e. The van der Waals surface area contributed by atoms with Crippen LogP contribution in [0.5, 0.6) is 0 Å². The Bertz CT molecular complexity index is 1440. The smallest absolute Gasteiger partial charge is 0.302 e. The van der Waals surface area contributed by atoms with Crippen molar-refractivity contribution < 1.29 is 37.4 Å². The van der Waals surface area contributed by atoms with E-state index in [4.69, 9.17) is 61.6 Å². The Hall–Kier alpha value is -2.78. The van der Waals surface area contributed by atoms with E-state index in [1.807, 2.05) is 0 Å². The molecule has 17 heteroatoms. The quantitative estimate of drug-likeness (QED) is 0.154. The van der Waals surface area contributed by atoms with Crippen LogP contribution in [0.25, 0.3) is 0 Å². The number of nitrogens with zero attached hydrogens (tertiary/aromatic N) is 2. The van der Waals surface area contributed by atoms with Gasteiger partial charge in [0.2, 0.25) is 11.8 Å². The fourth-order valence-corrected chi connectivity index (χ4v) is 6.28. The van der Waals surface area contributed by atoms with Crippen LogP contribution in [0.1, 0.15) is 59.3 Å². The second-order valence-corrected chi connectivity index (χ2v) is 14.4. The number of benzene rings is 2. The lowest BCUT2D eigenvalue weighted by Gasteiger charge is -2.31. The first kappa shape index (κ1) is 43.6. The van der Waals surface area contributed by atoms with Gasteiger partial charge >= 0.3 is 11.9 Å². The van der Waals surface area contributed by atoms with Gasteiger partial charge in [0.1, 0.15) is 12.2 Å². The van der Waals surface area contributed by atoms with E-state index < -0.39 is 23.6 Å². The van der Waals surface area contributed by atoms with Gasteiger partial charge in [-0.2, -0.15) is 0 Å². The summed E-state index contributed by atoms with van der Waals surface area (Å²) in [6.07, 6.45) is 4.13. The molecule has 0 spiro atoms. The lowest BCUT2D eigenvalue weighted by Crippen LogP contribution is -2.42. The Morgan fingerprint density at radius 3 is 1.52 bits per heavy atom. The standard InChI is InChI=1S/C18H23Cl2FN2O3.C17H22Cl2FN3O3/c1-11(5-8-23-9-6-13(7-10-23)26-12(2)24)18(25)22-15-4-3-14(19)16(20)17(15)21;1-10(24)26-11-4-7-23(8-5-11)9-6-13(21)17(25)22-14-3-2-12(18)15(19)16(14)20/h3-4,11,13H,5-10H2,1-2H3,(H,22,25);2-3,11,13H,4-9,21H2,1H3,(H,22,25)/t11-;13-/m00/s1. The van der Waals surface area contributed by atoms with Crippen molar-refractivity contribution in [2.45, 2.75) is 77.5 Å². The van der Waals surface area contributed by atoms with E-state index in [0.717, 1.165) is 58.4 Å². The summed E-state index contributed by atoms with van der Waals surface area (Å²) in [5.41, 5.74) is 5.88. The molecule has 2 fully saturated rings. The summed E-state index contributed by atoms with van der Waals surface area (Å²) in [5, 5.41) is 4.73. The fourth-order valence-electron chi connectivity index (χ4n) is 5.66. The molecule has 0 unspecified atom stereocenters. The zero-order chi connectivity index (χ0) is 38.5. The summed E-state index contributed by atoms with van der Waals surface area (Å²) in [4.78, 5) is 50.8. The minimum absolute atomic E-state index is 0.0119. The number of halogens is 6. The molecule has 2 amide bonds. The highest BCUT2D eigenvalue weighted by Crippen LogP contribution is 2.31. The number of carbonyl (C=O) groups is 4. The first-order chi connectivity index (χ1) is 24.5. The third kappa shape index (κ3) is 13.9. The molecule has 52 heavy (non-hydrogen) atoms. The van der Waals surface area contributed by atoms with Crippen LogP contribution < -0.4 is 16.4 Å². The van der Waals surface area contributed by atoms with Gasteiger partial charge in [-0.1, -0.05) is 53.3 Å². The summed E-state index contributed by atoms with van der Waals surface area (Å²) in [5.74, 6) is -3.07. The molecule has 4 N–H and O–H groups in total. The van der Waals surface area contributed by atoms with Crippen molar-refractivity contribution in [3.05, 3.63) is 56.0 Å². The highest BCUT2D eigenvalue weighted by Gasteiger charge is 2.25. The predicted octanol–water partition coefficient (Wildman–Crippen LogP) is 6.94. The molecular weight excluding hydrogens is 766 g/mol. The van der Waals surface area contributed by atoms with Gasteiger partial charge in [0.25, 0.3) is 0 Å². The highest BCUT2D eigenvalue weighted by molar-refractivity contribution is 6.42. The van der Waals surface area contributed by atoms with Crippen LogP contribution in [0, 0.1) is 17.6 Å². The normalized spacial score (nSPS) is 17.0. The molecule has 0 aromatic heterocycles. The van der Waals surface area contributed by atoms with Crippen LogP contribution in [0.3, 0.4) is 0 Å². The fraction of sp³-hybridized carbons (Fsp3) is 0.543. The minimum atomic E-state index is -0.785. The number of esters is 2. The van der Waals surface area contributed by atoms with Crippen molar-refractivity contribution in [2.24, 2.45) is 11.7 Å². The highest BCUT2D eigenvalue weighted by atomic mass is 35.5. The molecule has 0 bridgehead atoms. The second kappa shape index (κ2) is 21.2. The summed E-state index contributed by atoms with van der Waals surface area (Å²) >= 11 is 22.9. The average molecular weight is 812 g/mol. The van der Waals surface area contributed by atoms with E-state index >= 15 is 0 Å². The first-order valence-electron chi connectivity index (χ1n) is 17.0. The molecule has 2 heterocycles. The number of amides is 2. The molecule has 2 aliphatic heterocycles. The first-order valence-corrected chi connectivity index (χ1v) is 18.5. The van der Waals surface area contributed by atoms with Gasteiger partial charge in [-0.3, -0.25) is 19.2 Å². The molecule has 2 aromatic carbocycles. The molecule has 4 rings (SSSR count). The summed E-state index contributed by atoms with van der Waals surface area (Å²) < 4.78 is 38.4. The summed E-state index contributed by atoms with van der Waals surface area (Å²) in [6.45, 7) is 9.21. The van der Waals surface area contributed by atoms with Gasteiger partial charge in [-0.05, 0) is 69.3 Å². The molecule has 2 saturated heterocycles. The van der Waals surface area contributed by atoms with Crippen LogP contribution >= 0.6 is 46.4 Å². The maximum atomic E-state index is 14.0. The molecule has 2 atom stereocenters. The van der Waals surface area contributed by atoms with Crippen molar-refractivity contribution in [3.8, 4) is 0 Å². The Balaban J connectivity index is 0.000000280. The zero-order valence-electron chi connectivity index (χ0n) is 29.3. The second-order valence-electron chi connectivity index (χ2n) is 12.8. The maximum absolute atomic E-state index is 14.0. The number of ether oxygens (including phenoxy) is 2. The van der Waals surface area contributed by atoms with Crippen molar-refractivity contribution in [2.75, 3.05) is 49.9 Å². The Kier molecular flexibility index (Phi) is 17.8. The van der Waals surface area contributed by atoms with E-state index in [-0.39, 0.29) is 67.4 Å². The van der Waals surface area contributed by atoms with Gasteiger partial charge in [0.05, 0.1) is 37.5 Å². The van der Waals surface area contributed by atoms with Crippen LogP contribution in [-0.2, 0) is 28.7 Å². The molecule has 2 aromatic rings. The number of hydrogen-bond donors (Lipinski definition) is 3. The SMILES string of the molecule is CC(=O)OC1CCN(CC[C@H](C)C(=O)Nc2ccc(Cl)c(Cl)c2F)CC1.CC(=O)OC1CCN(CC[C@H](N)C(=O)Nc2ccc(Cl)c(Cl)c2F)CC1. The molecular formula is C35H45Cl4F2N5O6. The van der Waals surface area contributed by atoms with Crippen molar-refractivity contribution >= 4 is 81.5 Å². The van der Waals surface area contributed by atoms with Crippen molar-refractivity contribution in [1.82, 2.24) is 9.80 Å². The van der Waals surface area contributed by atoms with Crippen molar-refractivity contribution in [1.29, 1.82) is 0 Å². The number of piperidine rings is 2. The van der Waals surface area contributed by atoms with Gasteiger partial charge < -0.3 is 35.6 Å². The van der Waals surface area contributed by atoms with Crippen LogP contribution in [0.4, 0.5) is 20.2 Å². The Morgan fingerprint density at radius 1 is 0.731 bits per heavy atom. The van der Waals surface area contributed by atoms with Crippen molar-refractivity contribution in [3.63, 3.8) is 0 Å². The Morgan fingerprint density at radius 2 is 1.12 bits per heavy atom. The number of anilines is 2. The number of rotatable bonds is 12. The van der Waals surface area contributed by atoms with Crippen LogP contribution in [-0.4, -0.2) is 91.1 Å². The van der Waals surface area contributed by atoms with Gasteiger partial charge in [0.15, 0.2) is 11.6 Å². The van der Waals surface area contributed by atoms with E-state index in [1.54, 1.807) is 6.92 Å². The predicted molar refractivity (Wildman–Crippen MR) is 199 cm³/mol. The number of hydrogen-bond acceptors (Lipinski definition) is 9. The molecule has 288 valence electrons. The average Bonchev–Trinajstić information content (AvgIpc) is 3.11. The molecule has 2 aliphatic rings.